The van der Waals surface area contributed by atoms with Gasteiger partial charge in [0.2, 0.25) is 0 Å². The van der Waals surface area contributed by atoms with E-state index in [0.717, 1.165) is 12.2 Å². The molecule has 88 valence electrons. The molecular formula is C13H19NOS. The van der Waals surface area contributed by atoms with Gasteiger partial charge in [-0.2, -0.15) is 11.8 Å². The molecule has 1 saturated heterocycles. The molecule has 2 nitrogen and oxygen atoms in total. The van der Waals surface area contributed by atoms with Crippen molar-refractivity contribution in [1.29, 1.82) is 0 Å². The number of rotatable bonds is 4. The minimum absolute atomic E-state index is 0.254. The molecule has 2 atom stereocenters. The average molecular weight is 237 g/mol. The molecule has 2 N–H and O–H groups in total. The monoisotopic (exact) mass is 237 g/mol. The number of hydrogen-bond acceptors (Lipinski definition) is 3. The molecule has 16 heavy (non-hydrogen) atoms. The van der Waals surface area contributed by atoms with Crippen LogP contribution in [-0.2, 0) is 6.42 Å². The van der Waals surface area contributed by atoms with Gasteiger partial charge < -0.3 is 10.5 Å². The molecule has 1 aromatic rings. The highest BCUT2D eigenvalue weighted by Gasteiger charge is 2.23. The Morgan fingerprint density at radius 3 is 3.00 bits per heavy atom. The second kappa shape index (κ2) is 5.60. The van der Waals surface area contributed by atoms with Crippen LogP contribution >= 0.6 is 11.8 Å². The van der Waals surface area contributed by atoms with Crippen molar-refractivity contribution < 1.29 is 4.74 Å². The summed E-state index contributed by atoms with van der Waals surface area (Å²) in [5.74, 6) is 2.23. The first-order valence-corrected chi connectivity index (χ1v) is 6.85. The summed E-state index contributed by atoms with van der Waals surface area (Å²) in [4.78, 5) is 0. The van der Waals surface area contributed by atoms with Crippen molar-refractivity contribution in [2.24, 2.45) is 5.73 Å². The van der Waals surface area contributed by atoms with Crippen molar-refractivity contribution >= 4 is 11.8 Å². The summed E-state index contributed by atoms with van der Waals surface area (Å²) in [7, 11) is 1.72. The molecule has 1 heterocycles. The summed E-state index contributed by atoms with van der Waals surface area (Å²) >= 11 is 2.02. The summed E-state index contributed by atoms with van der Waals surface area (Å²) in [6, 6.07) is 8.41. The van der Waals surface area contributed by atoms with Gasteiger partial charge in [0.15, 0.2) is 0 Å². The van der Waals surface area contributed by atoms with E-state index in [1.54, 1.807) is 7.11 Å². The van der Waals surface area contributed by atoms with Gasteiger partial charge in [0.1, 0.15) is 5.75 Å². The van der Waals surface area contributed by atoms with Crippen LogP contribution in [0.3, 0.4) is 0 Å². The van der Waals surface area contributed by atoms with Gasteiger partial charge in [0.25, 0.3) is 0 Å². The Bertz CT molecular complexity index is 336. The molecule has 0 aliphatic carbocycles. The molecule has 0 saturated carbocycles. The highest BCUT2D eigenvalue weighted by atomic mass is 32.2. The number of ether oxygens (including phenoxy) is 1. The molecule has 1 fully saturated rings. The van der Waals surface area contributed by atoms with Gasteiger partial charge in [0.05, 0.1) is 7.11 Å². The molecule has 0 aromatic heterocycles. The predicted octanol–water partition coefficient (Wildman–Crippen LogP) is 2.46. The molecule has 1 aromatic carbocycles. The molecule has 1 aliphatic heterocycles. The van der Waals surface area contributed by atoms with E-state index >= 15 is 0 Å². The zero-order valence-electron chi connectivity index (χ0n) is 9.69. The Labute approximate surface area is 102 Å². The number of para-hydroxylation sites is 1. The molecule has 0 bridgehead atoms. The van der Waals surface area contributed by atoms with Crippen molar-refractivity contribution in [3.63, 3.8) is 0 Å². The molecule has 2 rings (SSSR count). The summed E-state index contributed by atoms with van der Waals surface area (Å²) in [6.07, 6.45) is 3.50. The van der Waals surface area contributed by atoms with Crippen LogP contribution in [0.1, 0.15) is 18.4 Å². The van der Waals surface area contributed by atoms with Crippen LogP contribution in [0, 0.1) is 0 Å². The predicted molar refractivity (Wildman–Crippen MR) is 70.2 cm³/mol. The van der Waals surface area contributed by atoms with Gasteiger partial charge in [-0.25, -0.2) is 0 Å². The third kappa shape index (κ3) is 2.71. The van der Waals surface area contributed by atoms with Gasteiger partial charge in [-0.15, -0.1) is 0 Å². The maximum atomic E-state index is 6.26. The topological polar surface area (TPSA) is 35.2 Å². The van der Waals surface area contributed by atoms with Crippen LogP contribution in [0.4, 0.5) is 0 Å². The molecule has 3 heteroatoms. The standard InChI is InChI=1S/C13H19NOS/c1-15-12-6-3-2-5-10(12)9-11(14)13-7-4-8-16-13/h2-3,5-6,11,13H,4,7-9,14H2,1H3. The van der Waals surface area contributed by atoms with E-state index in [0.29, 0.717) is 5.25 Å². The van der Waals surface area contributed by atoms with Crippen LogP contribution < -0.4 is 10.5 Å². The van der Waals surface area contributed by atoms with E-state index in [1.807, 2.05) is 30.0 Å². The van der Waals surface area contributed by atoms with Crippen LogP contribution in [-0.4, -0.2) is 24.2 Å². The second-order valence-electron chi connectivity index (χ2n) is 4.23. The molecule has 2 unspecified atom stereocenters. The highest BCUT2D eigenvalue weighted by molar-refractivity contribution is 8.00. The average Bonchev–Trinajstić information content (AvgIpc) is 2.83. The number of methoxy groups -OCH3 is 1. The molecule has 0 radical (unpaired) electrons. The lowest BCUT2D eigenvalue weighted by molar-refractivity contribution is 0.407. The Hall–Kier alpha value is -0.670. The van der Waals surface area contributed by atoms with Crippen LogP contribution in [0.5, 0.6) is 5.75 Å². The zero-order valence-corrected chi connectivity index (χ0v) is 10.5. The number of hydrogen-bond donors (Lipinski definition) is 1. The molecular weight excluding hydrogens is 218 g/mol. The normalized spacial score (nSPS) is 22.0. The first-order chi connectivity index (χ1) is 7.81. The van der Waals surface area contributed by atoms with Crippen LogP contribution in [0.2, 0.25) is 0 Å². The lowest BCUT2D eigenvalue weighted by Gasteiger charge is -2.19. The Morgan fingerprint density at radius 2 is 2.31 bits per heavy atom. The maximum absolute atomic E-state index is 6.26. The van der Waals surface area contributed by atoms with E-state index in [4.69, 9.17) is 10.5 Å². The third-order valence-electron chi connectivity index (χ3n) is 3.09. The second-order valence-corrected chi connectivity index (χ2v) is 5.58. The lowest BCUT2D eigenvalue weighted by Crippen LogP contribution is -2.33. The highest BCUT2D eigenvalue weighted by Crippen LogP contribution is 2.30. The molecule has 0 amide bonds. The fourth-order valence-electron chi connectivity index (χ4n) is 2.20. The smallest absolute Gasteiger partial charge is 0.122 e. The number of thioether (sulfide) groups is 1. The van der Waals surface area contributed by atoms with Gasteiger partial charge >= 0.3 is 0 Å². The van der Waals surface area contributed by atoms with Crippen LogP contribution in [0.15, 0.2) is 24.3 Å². The first-order valence-electron chi connectivity index (χ1n) is 5.80. The van der Waals surface area contributed by atoms with Crippen molar-refractivity contribution in [3.8, 4) is 5.75 Å². The molecule has 1 aliphatic rings. The SMILES string of the molecule is COc1ccccc1CC(N)C1CCCS1. The largest absolute Gasteiger partial charge is 0.496 e. The van der Waals surface area contributed by atoms with E-state index in [1.165, 1.54) is 24.2 Å². The summed E-state index contributed by atoms with van der Waals surface area (Å²) in [6.45, 7) is 0. The van der Waals surface area contributed by atoms with Crippen molar-refractivity contribution in [1.82, 2.24) is 0 Å². The zero-order chi connectivity index (χ0) is 11.4. The van der Waals surface area contributed by atoms with Crippen molar-refractivity contribution in [3.05, 3.63) is 29.8 Å². The van der Waals surface area contributed by atoms with Gasteiger partial charge in [-0.1, -0.05) is 18.2 Å². The Kier molecular flexibility index (Phi) is 4.13. The van der Waals surface area contributed by atoms with Gasteiger partial charge in [0, 0.05) is 11.3 Å². The lowest BCUT2D eigenvalue weighted by atomic mass is 10.0. The maximum Gasteiger partial charge on any atom is 0.122 e. The third-order valence-corrected chi connectivity index (χ3v) is 4.63. The minimum Gasteiger partial charge on any atom is -0.496 e. The van der Waals surface area contributed by atoms with E-state index < -0.39 is 0 Å². The Morgan fingerprint density at radius 1 is 1.50 bits per heavy atom. The quantitative estimate of drug-likeness (QED) is 0.873. The number of benzene rings is 1. The van der Waals surface area contributed by atoms with Crippen molar-refractivity contribution in [2.45, 2.75) is 30.6 Å². The van der Waals surface area contributed by atoms with Crippen molar-refractivity contribution in [2.75, 3.05) is 12.9 Å². The minimum atomic E-state index is 0.254. The van der Waals surface area contributed by atoms with Gasteiger partial charge in [-0.05, 0) is 36.6 Å². The fraction of sp³-hybridized carbons (Fsp3) is 0.538. The van der Waals surface area contributed by atoms with E-state index in [-0.39, 0.29) is 6.04 Å². The fourth-order valence-corrected chi connectivity index (χ4v) is 3.51. The Balaban J connectivity index is 2.01. The summed E-state index contributed by atoms with van der Waals surface area (Å²) in [5.41, 5.74) is 7.49. The van der Waals surface area contributed by atoms with Gasteiger partial charge in [-0.3, -0.25) is 0 Å². The number of nitrogens with two attached hydrogens (primary N) is 1. The molecule has 0 spiro atoms. The summed E-state index contributed by atoms with van der Waals surface area (Å²) in [5, 5.41) is 0.630. The van der Waals surface area contributed by atoms with E-state index in [9.17, 15) is 0 Å². The van der Waals surface area contributed by atoms with E-state index in [2.05, 4.69) is 6.07 Å². The van der Waals surface area contributed by atoms with Crippen LogP contribution in [0.25, 0.3) is 0 Å². The summed E-state index contributed by atoms with van der Waals surface area (Å²) < 4.78 is 5.35. The first kappa shape index (κ1) is 11.8.